The predicted molar refractivity (Wildman–Crippen MR) is 114 cm³/mol. The van der Waals surface area contributed by atoms with E-state index >= 15 is 0 Å². The largest absolute Gasteiger partial charge is 0.477 e. The smallest absolute Gasteiger partial charge is 0.261 e. The Bertz CT molecular complexity index is 866. The van der Waals surface area contributed by atoms with Crippen LogP contribution in [0.4, 0.5) is 0 Å². The molecule has 3 heterocycles. The fourth-order valence-corrected chi connectivity index (χ4v) is 8.37. The first-order valence-electron chi connectivity index (χ1n) is 11.5. The summed E-state index contributed by atoms with van der Waals surface area (Å²) in [6, 6.07) is 0. The number of rotatable bonds is 6. The number of ether oxygens (including phenoxy) is 4. The van der Waals surface area contributed by atoms with Crippen LogP contribution in [-0.4, -0.2) is 91.4 Å². The zero-order valence-corrected chi connectivity index (χ0v) is 19.9. The summed E-state index contributed by atoms with van der Waals surface area (Å²) in [5.74, 6) is -0.0836. The van der Waals surface area contributed by atoms with E-state index in [0.29, 0.717) is 58.1 Å². The highest BCUT2D eigenvalue weighted by molar-refractivity contribution is 7.94. The molecule has 4 fully saturated rings. The first-order chi connectivity index (χ1) is 14.6. The van der Waals surface area contributed by atoms with Crippen LogP contribution in [0.25, 0.3) is 0 Å². The first-order valence-corrected chi connectivity index (χ1v) is 13.0. The van der Waals surface area contributed by atoms with Crippen molar-refractivity contribution in [2.24, 2.45) is 5.10 Å². The average Bonchev–Trinajstić information content (AvgIpc) is 3.61. The zero-order chi connectivity index (χ0) is 22.1. The first kappa shape index (κ1) is 21.9. The summed E-state index contributed by atoms with van der Waals surface area (Å²) < 4.78 is 50.0. The van der Waals surface area contributed by atoms with E-state index in [0.717, 1.165) is 19.4 Å². The van der Waals surface area contributed by atoms with Crippen molar-refractivity contribution in [2.75, 3.05) is 40.1 Å². The van der Waals surface area contributed by atoms with Gasteiger partial charge in [0.25, 0.3) is 5.90 Å². The maximum absolute atomic E-state index is 13.9. The van der Waals surface area contributed by atoms with Gasteiger partial charge in [0.1, 0.15) is 17.6 Å². The fraction of sp³-hybridized carbons (Fsp3) is 0.952. The van der Waals surface area contributed by atoms with Crippen LogP contribution < -0.4 is 0 Å². The maximum Gasteiger partial charge on any atom is 0.261 e. The summed E-state index contributed by atoms with van der Waals surface area (Å²) in [7, 11) is -1.48. The van der Waals surface area contributed by atoms with E-state index in [1.165, 1.54) is 0 Å². The number of likely N-dealkylation sites (N-methyl/N-ethyl adjacent to an activating group) is 1. The molecular formula is C21H35N3O6S. The lowest BCUT2D eigenvalue weighted by Gasteiger charge is -2.45. The average molecular weight is 458 g/mol. The zero-order valence-electron chi connectivity index (χ0n) is 19.1. The Kier molecular flexibility index (Phi) is 4.96. The van der Waals surface area contributed by atoms with E-state index in [9.17, 15) is 8.42 Å². The molecule has 5 aliphatic rings. The Balaban J connectivity index is 1.28. The number of sulfone groups is 1. The lowest BCUT2D eigenvalue weighted by Crippen LogP contribution is -2.61. The van der Waals surface area contributed by atoms with Crippen LogP contribution >= 0.6 is 0 Å². The molecule has 0 aromatic carbocycles. The monoisotopic (exact) mass is 457 g/mol. The molecule has 0 bridgehead atoms. The molecule has 2 aliphatic carbocycles. The van der Waals surface area contributed by atoms with Gasteiger partial charge in [0.2, 0.25) is 5.72 Å². The minimum absolute atomic E-state index is 0.351. The van der Waals surface area contributed by atoms with Gasteiger partial charge in [-0.05, 0) is 52.9 Å². The van der Waals surface area contributed by atoms with Crippen molar-refractivity contribution in [3.63, 3.8) is 0 Å². The Labute approximate surface area is 184 Å². The lowest BCUT2D eigenvalue weighted by atomic mass is 10.0. The third-order valence-electron chi connectivity index (χ3n) is 7.62. The maximum atomic E-state index is 13.9. The second kappa shape index (κ2) is 7.03. The van der Waals surface area contributed by atoms with Gasteiger partial charge >= 0.3 is 0 Å². The van der Waals surface area contributed by atoms with Crippen LogP contribution in [0, 0.1) is 0 Å². The van der Waals surface area contributed by atoms with Gasteiger partial charge in [-0.1, -0.05) is 0 Å². The van der Waals surface area contributed by atoms with E-state index in [1.807, 2.05) is 32.8 Å². The molecular weight excluding hydrogens is 422 g/mol. The van der Waals surface area contributed by atoms with E-state index in [1.54, 1.807) is 0 Å². The SMILES string of the molecule is CCOC1=NN(C)[C@@]12CCCN(CC1(S(=O)(=O)C3(C4COC(C)(C)O4)CC3)CC1)CO2. The van der Waals surface area contributed by atoms with Crippen molar-refractivity contribution in [3.8, 4) is 0 Å². The molecule has 0 N–H and O–H groups in total. The molecule has 0 aromatic heterocycles. The highest BCUT2D eigenvalue weighted by Crippen LogP contribution is 2.60. The molecule has 31 heavy (non-hydrogen) atoms. The number of hydrogen-bond acceptors (Lipinski definition) is 9. The van der Waals surface area contributed by atoms with Crippen LogP contribution in [0.3, 0.4) is 0 Å². The third-order valence-corrected chi connectivity index (χ3v) is 11.0. The number of hydrogen-bond donors (Lipinski definition) is 0. The molecule has 2 atom stereocenters. The van der Waals surface area contributed by atoms with Crippen molar-refractivity contribution in [1.82, 2.24) is 9.91 Å². The summed E-state index contributed by atoms with van der Waals surface area (Å²) >= 11 is 0. The molecule has 1 spiro atoms. The van der Waals surface area contributed by atoms with E-state index < -0.39 is 30.8 Å². The van der Waals surface area contributed by atoms with Crippen molar-refractivity contribution >= 4 is 15.7 Å². The van der Waals surface area contributed by atoms with E-state index in [-0.39, 0.29) is 6.10 Å². The second-order valence-corrected chi connectivity index (χ2v) is 12.8. The number of nitrogens with zero attached hydrogens (tertiary/aromatic N) is 3. The van der Waals surface area contributed by atoms with Gasteiger partial charge in [-0.2, -0.15) is 0 Å². The van der Waals surface area contributed by atoms with Gasteiger partial charge in [-0.15, -0.1) is 5.10 Å². The van der Waals surface area contributed by atoms with Crippen LogP contribution in [-0.2, 0) is 28.8 Å². The van der Waals surface area contributed by atoms with Crippen molar-refractivity contribution in [1.29, 1.82) is 0 Å². The Morgan fingerprint density at radius 3 is 2.45 bits per heavy atom. The summed E-state index contributed by atoms with van der Waals surface area (Å²) in [6.07, 6.45) is 4.06. The summed E-state index contributed by atoms with van der Waals surface area (Å²) in [5.41, 5.74) is -0.612. The van der Waals surface area contributed by atoms with Crippen LogP contribution in [0.5, 0.6) is 0 Å². The van der Waals surface area contributed by atoms with Crippen LogP contribution in [0.1, 0.15) is 59.3 Å². The standard InChI is InChI=1S/C21H35N3O6S/c1-5-27-17-21(23(4)22-17)7-6-12-24(15-29-21)14-19(8-9-19)31(25,26)20(10-11-20)16-13-28-18(2,3)30-16/h16H,5-15H2,1-4H3/t16?,21-/m1/s1. The molecule has 2 saturated heterocycles. The minimum Gasteiger partial charge on any atom is -0.477 e. The fourth-order valence-electron chi connectivity index (χ4n) is 5.42. The van der Waals surface area contributed by atoms with E-state index in [2.05, 4.69) is 10.0 Å². The Morgan fingerprint density at radius 1 is 1.16 bits per heavy atom. The molecule has 176 valence electrons. The molecule has 0 amide bonds. The lowest BCUT2D eigenvalue weighted by molar-refractivity contribution is -0.156. The minimum atomic E-state index is -3.37. The quantitative estimate of drug-likeness (QED) is 0.595. The van der Waals surface area contributed by atoms with Crippen LogP contribution in [0.15, 0.2) is 5.10 Å². The van der Waals surface area contributed by atoms with Gasteiger partial charge in [-0.3, -0.25) is 9.91 Å². The Hall–Kier alpha value is -0.940. The third kappa shape index (κ3) is 3.24. The molecule has 10 heteroatoms. The normalized spacial score (nSPS) is 35.9. The summed E-state index contributed by atoms with van der Waals surface area (Å²) in [5, 5.41) is 6.16. The van der Waals surface area contributed by atoms with Crippen molar-refractivity contribution in [3.05, 3.63) is 0 Å². The molecule has 3 aliphatic heterocycles. The van der Waals surface area contributed by atoms with Crippen LogP contribution in [0.2, 0.25) is 0 Å². The predicted octanol–water partition coefficient (Wildman–Crippen LogP) is 1.68. The molecule has 2 saturated carbocycles. The molecule has 5 rings (SSSR count). The summed E-state index contributed by atoms with van der Waals surface area (Å²) in [6.45, 7) is 8.22. The van der Waals surface area contributed by atoms with Gasteiger partial charge in [0.05, 0.1) is 18.0 Å². The highest BCUT2D eigenvalue weighted by Gasteiger charge is 2.71. The van der Waals surface area contributed by atoms with E-state index in [4.69, 9.17) is 18.9 Å². The van der Waals surface area contributed by atoms with Gasteiger partial charge in [0, 0.05) is 26.6 Å². The van der Waals surface area contributed by atoms with Crippen molar-refractivity contribution in [2.45, 2.75) is 86.4 Å². The van der Waals surface area contributed by atoms with Gasteiger partial charge < -0.3 is 18.9 Å². The van der Waals surface area contributed by atoms with Gasteiger partial charge in [-0.25, -0.2) is 8.42 Å². The summed E-state index contributed by atoms with van der Waals surface area (Å²) in [4.78, 5) is 2.15. The molecule has 1 unspecified atom stereocenters. The molecule has 0 aromatic rings. The highest BCUT2D eigenvalue weighted by atomic mass is 32.2. The Morgan fingerprint density at radius 2 is 1.90 bits per heavy atom. The second-order valence-electron chi connectivity index (χ2n) is 10.1. The van der Waals surface area contributed by atoms with Crippen molar-refractivity contribution < 1.29 is 27.4 Å². The number of hydrazone groups is 1. The topological polar surface area (TPSA) is 89.9 Å². The molecule has 9 nitrogen and oxygen atoms in total. The molecule has 0 radical (unpaired) electrons. The van der Waals surface area contributed by atoms with Gasteiger partial charge in [0.15, 0.2) is 15.6 Å².